The molecule has 2 heterocycles. The second kappa shape index (κ2) is 7.98. The molecule has 3 aromatic rings. The van der Waals surface area contributed by atoms with Gasteiger partial charge in [0.15, 0.2) is 0 Å². The summed E-state index contributed by atoms with van der Waals surface area (Å²) < 4.78 is 33.5. The predicted molar refractivity (Wildman–Crippen MR) is 108 cm³/mol. The van der Waals surface area contributed by atoms with Crippen molar-refractivity contribution in [3.8, 4) is 5.75 Å². The van der Waals surface area contributed by atoms with E-state index in [4.69, 9.17) is 4.74 Å². The standard InChI is InChI=1S/C23H16F2N2O4/c1-31-16-7-4-13(5-8-16)21(28)19-20(14-3-2-10-26-12-14)27(23(30)22(19)29)18-11-15(24)6-9-17(18)25/h2-12,20,28H,1H3/b21-19+. The highest BCUT2D eigenvalue weighted by molar-refractivity contribution is 6.51. The minimum Gasteiger partial charge on any atom is -0.507 e. The number of carbonyl (C=O) groups excluding carboxylic acids is 2. The molecule has 1 aromatic heterocycles. The highest BCUT2D eigenvalue weighted by Gasteiger charge is 2.48. The second-order valence-electron chi connectivity index (χ2n) is 6.78. The van der Waals surface area contributed by atoms with Crippen LogP contribution in [0.5, 0.6) is 5.75 Å². The number of hydrogen-bond acceptors (Lipinski definition) is 5. The number of pyridine rings is 1. The zero-order valence-electron chi connectivity index (χ0n) is 16.3. The van der Waals surface area contributed by atoms with Crippen LogP contribution in [0.25, 0.3) is 5.76 Å². The van der Waals surface area contributed by atoms with E-state index in [-0.39, 0.29) is 11.1 Å². The number of benzene rings is 2. The fraction of sp³-hybridized carbons (Fsp3) is 0.0870. The zero-order chi connectivity index (χ0) is 22.1. The summed E-state index contributed by atoms with van der Waals surface area (Å²) in [5.74, 6) is -3.70. The van der Waals surface area contributed by atoms with Gasteiger partial charge in [0.1, 0.15) is 23.1 Å². The Labute approximate surface area is 176 Å². The lowest BCUT2D eigenvalue weighted by molar-refractivity contribution is -0.132. The Morgan fingerprint density at radius 3 is 2.48 bits per heavy atom. The van der Waals surface area contributed by atoms with Crippen LogP contribution in [-0.2, 0) is 9.59 Å². The van der Waals surface area contributed by atoms with Gasteiger partial charge in [-0.2, -0.15) is 0 Å². The maximum Gasteiger partial charge on any atom is 0.300 e. The molecule has 0 saturated carbocycles. The third kappa shape index (κ3) is 3.52. The van der Waals surface area contributed by atoms with Crippen LogP contribution in [0.3, 0.4) is 0 Å². The summed E-state index contributed by atoms with van der Waals surface area (Å²) in [4.78, 5) is 30.7. The first-order valence-corrected chi connectivity index (χ1v) is 9.22. The number of ether oxygens (including phenoxy) is 1. The van der Waals surface area contributed by atoms with Gasteiger partial charge in [-0.05, 0) is 48.0 Å². The van der Waals surface area contributed by atoms with Crippen molar-refractivity contribution in [2.24, 2.45) is 0 Å². The van der Waals surface area contributed by atoms with Crippen molar-refractivity contribution in [1.29, 1.82) is 0 Å². The molecule has 8 heteroatoms. The van der Waals surface area contributed by atoms with Gasteiger partial charge in [-0.25, -0.2) is 8.78 Å². The first-order chi connectivity index (χ1) is 14.9. The Kier molecular flexibility index (Phi) is 5.21. The van der Waals surface area contributed by atoms with Crippen LogP contribution in [0.2, 0.25) is 0 Å². The molecule has 0 bridgehead atoms. The van der Waals surface area contributed by atoms with Crippen molar-refractivity contribution in [1.82, 2.24) is 4.98 Å². The van der Waals surface area contributed by atoms with E-state index in [9.17, 15) is 23.5 Å². The Morgan fingerprint density at radius 1 is 1.10 bits per heavy atom. The first-order valence-electron chi connectivity index (χ1n) is 9.22. The van der Waals surface area contributed by atoms with Gasteiger partial charge in [-0.3, -0.25) is 19.5 Å². The number of amides is 1. The number of ketones is 1. The highest BCUT2D eigenvalue weighted by atomic mass is 19.1. The van der Waals surface area contributed by atoms with Gasteiger partial charge in [0.25, 0.3) is 11.7 Å². The summed E-state index contributed by atoms with van der Waals surface area (Å²) in [6, 6.07) is 10.8. The minimum atomic E-state index is -1.20. The largest absolute Gasteiger partial charge is 0.507 e. The van der Waals surface area contributed by atoms with E-state index < -0.39 is 40.8 Å². The number of aromatic nitrogens is 1. The molecule has 2 aromatic carbocycles. The summed E-state index contributed by atoms with van der Waals surface area (Å²) in [7, 11) is 1.48. The minimum absolute atomic E-state index is 0.257. The predicted octanol–water partition coefficient (Wildman–Crippen LogP) is 3.99. The molecule has 4 rings (SSSR count). The molecule has 1 amide bonds. The number of methoxy groups -OCH3 is 1. The van der Waals surface area contributed by atoms with E-state index >= 15 is 0 Å². The molecule has 6 nitrogen and oxygen atoms in total. The summed E-state index contributed by atoms with van der Waals surface area (Å²) in [5.41, 5.74) is -0.0654. The molecule has 1 unspecified atom stereocenters. The number of aliphatic hydroxyl groups is 1. The molecule has 0 spiro atoms. The van der Waals surface area contributed by atoms with Gasteiger partial charge in [0.05, 0.1) is 24.4 Å². The topological polar surface area (TPSA) is 79.7 Å². The number of carbonyl (C=O) groups is 2. The molecule has 1 atom stereocenters. The van der Waals surface area contributed by atoms with E-state index in [0.29, 0.717) is 11.3 Å². The van der Waals surface area contributed by atoms with Crippen LogP contribution in [0.4, 0.5) is 14.5 Å². The summed E-state index contributed by atoms with van der Waals surface area (Å²) in [6.07, 6.45) is 2.88. The zero-order valence-corrected chi connectivity index (χ0v) is 16.3. The number of nitrogens with zero attached hydrogens (tertiary/aromatic N) is 2. The molecule has 0 aliphatic carbocycles. The highest BCUT2D eigenvalue weighted by Crippen LogP contribution is 2.42. The van der Waals surface area contributed by atoms with Crippen molar-refractivity contribution in [3.63, 3.8) is 0 Å². The lowest BCUT2D eigenvalue weighted by atomic mass is 9.96. The smallest absolute Gasteiger partial charge is 0.300 e. The molecule has 31 heavy (non-hydrogen) atoms. The Hall–Kier alpha value is -4.07. The van der Waals surface area contributed by atoms with Gasteiger partial charge in [-0.15, -0.1) is 0 Å². The van der Waals surface area contributed by atoms with E-state index in [1.165, 1.54) is 31.6 Å². The molecule has 1 aliphatic heterocycles. The maximum atomic E-state index is 14.6. The van der Waals surface area contributed by atoms with E-state index in [0.717, 1.165) is 23.1 Å². The number of halogens is 2. The lowest BCUT2D eigenvalue weighted by Gasteiger charge is -2.25. The molecule has 0 radical (unpaired) electrons. The molecule has 156 valence electrons. The van der Waals surface area contributed by atoms with Crippen LogP contribution in [-0.4, -0.2) is 28.9 Å². The van der Waals surface area contributed by atoms with E-state index in [2.05, 4.69) is 4.98 Å². The Balaban J connectivity index is 1.94. The molecular weight excluding hydrogens is 406 g/mol. The fourth-order valence-electron chi connectivity index (χ4n) is 3.51. The van der Waals surface area contributed by atoms with E-state index in [1.54, 1.807) is 24.3 Å². The Bertz CT molecular complexity index is 1190. The van der Waals surface area contributed by atoms with Gasteiger partial charge in [0.2, 0.25) is 0 Å². The van der Waals surface area contributed by atoms with Crippen LogP contribution in [0, 0.1) is 11.6 Å². The van der Waals surface area contributed by atoms with Gasteiger partial charge >= 0.3 is 0 Å². The lowest BCUT2D eigenvalue weighted by Crippen LogP contribution is -2.30. The number of Topliss-reactive ketones (excluding diaryl/α,β-unsaturated/α-hetero) is 1. The van der Waals surface area contributed by atoms with Crippen molar-refractivity contribution in [2.45, 2.75) is 6.04 Å². The average molecular weight is 422 g/mol. The third-order valence-corrected chi connectivity index (χ3v) is 4.98. The third-order valence-electron chi connectivity index (χ3n) is 4.98. The molecular formula is C23H16F2N2O4. The van der Waals surface area contributed by atoms with Crippen molar-refractivity contribution < 1.29 is 28.2 Å². The van der Waals surface area contributed by atoms with Crippen LogP contribution < -0.4 is 9.64 Å². The second-order valence-corrected chi connectivity index (χ2v) is 6.78. The van der Waals surface area contributed by atoms with Gasteiger partial charge < -0.3 is 9.84 Å². The number of aliphatic hydroxyl groups excluding tert-OH is 1. The molecule has 1 N–H and O–H groups in total. The summed E-state index contributed by atoms with van der Waals surface area (Å²) in [5, 5.41) is 10.9. The Morgan fingerprint density at radius 2 is 1.84 bits per heavy atom. The monoisotopic (exact) mass is 422 g/mol. The van der Waals surface area contributed by atoms with Crippen LogP contribution in [0.1, 0.15) is 17.2 Å². The van der Waals surface area contributed by atoms with Crippen LogP contribution in [0.15, 0.2) is 72.6 Å². The number of hydrogen-bond donors (Lipinski definition) is 1. The van der Waals surface area contributed by atoms with Crippen molar-refractivity contribution in [2.75, 3.05) is 12.0 Å². The summed E-state index contributed by atoms with van der Waals surface area (Å²) >= 11 is 0. The quantitative estimate of drug-likeness (QED) is 0.391. The van der Waals surface area contributed by atoms with Gasteiger partial charge in [0, 0.05) is 24.0 Å². The normalized spacial score (nSPS) is 17.8. The van der Waals surface area contributed by atoms with Gasteiger partial charge in [-0.1, -0.05) is 6.07 Å². The number of anilines is 1. The van der Waals surface area contributed by atoms with Crippen molar-refractivity contribution >= 4 is 23.1 Å². The molecule has 1 saturated heterocycles. The average Bonchev–Trinajstić information content (AvgIpc) is 3.06. The van der Waals surface area contributed by atoms with Crippen molar-refractivity contribution in [3.05, 3.63) is 95.3 Å². The van der Waals surface area contributed by atoms with E-state index in [1.807, 2.05) is 0 Å². The summed E-state index contributed by atoms with van der Waals surface area (Å²) in [6.45, 7) is 0. The molecule has 1 aliphatic rings. The first kappa shape index (κ1) is 20.2. The number of rotatable bonds is 4. The maximum absolute atomic E-state index is 14.6. The fourth-order valence-corrected chi connectivity index (χ4v) is 3.51. The SMILES string of the molecule is COc1ccc(/C(O)=C2\C(=O)C(=O)N(c3cc(F)ccc3F)C2c2cccnc2)cc1. The van der Waals surface area contributed by atoms with Crippen LogP contribution >= 0.6 is 0 Å². The molecule has 1 fully saturated rings.